The second-order valence-electron chi connectivity index (χ2n) is 4.01. The number of aliphatic hydroxyl groups excluding tert-OH is 1. The zero-order chi connectivity index (χ0) is 12.7. The summed E-state index contributed by atoms with van der Waals surface area (Å²) >= 11 is 11.8. The van der Waals surface area contributed by atoms with Gasteiger partial charge in [0.15, 0.2) is 0 Å². The van der Waals surface area contributed by atoms with Crippen LogP contribution in [0.4, 0.5) is 11.4 Å². The van der Waals surface area contributed by atoms with E-state index in [-0.39, 0.29) is 0 Å². The highest BCUT2D eigenvalue weighted by atomic mass is 35.5. The Bertz CT molecular complexity index is 600. The zero-order valence-corrected chi connectivity index (χ0v) is 10.7. The third-order valence-electron chi connectivity index (χ3n) is 2.84. The van der Waals surface area contributed by atoms with Crippen LogP contribution in [-0.4, -0.2) is 5.11 Å². The number of hydrogen-bond acceptors (Lipinski definition) is 3. The average Bonchev–Trinajstić information content (AvgIpc) is 2.47. The van der Waals surface area contributed by atoms with Gasteiger partial charge < -0.3 is 5.11 Å². The predicted octanol–water partition coefficient (Wildman–Crippen LogP) is 4.80. The number of fused-ring (bicyclic) bond motifs is 2. The molecule has 0 atom stereocenters. The van der Waals surface area contributed by atoms with Crippen LogP contribution in [-0.2, 0) is 0 Å². The third-order valence-corrected chi connectivity index (χ3v) is 3.31. The predicted molar refractivity (Wildman–Crippen MR) is 71.1 cm³/mol. The molecule has 0 spiro atoms. The van der Waals surface area contributed by atoms with Crippen molar-refractivity contribution in [1.29, 1.82) is 0 Å². The van der Waals surface area contributed by atoms with Gasteiger partial charge in [0.25, 0.3) is 0 Å². The second kappa shape index (κ2) is 4.35. The van der Waals surface area contributed by atoms with E-state index in [1.54, 1.807) is 36.4 Å². The lowest BCUT2D eigenvalue weighted by molar-refractivity contribution is 0.222. The number of nitrogens with zero attached hydrogens (tertiary/aromatic N) is 2. The molecule has 3 rings (SSSR count). The molecule has 1 heterocycles. The Morgan fingerprint density at radius 2 is 1.28 bits per heavy atom. The Kier molecular flexibility index (Phi) is 2.82. The molecule has 1 aliphatic heterocycles. The van der Waals surface area contributed by atoms with Gasteiger partial charge in [0.05, 0.1) is 11.4 Å². The molecule has 0 unspecified atom stereocenters. The van der Waals surface area contributed by atoms with Crippen molar-refractivity contribution in [1.82, 2.24) is 0 Å². The van der Waals surface area contributed by atoms with Gasteiger partial charge in [-0.1, -0.05) is 35.3 Å². The summed E-state index contributed by atoms with van der Waals surface area (Å²) in [6.45, 7) is 0. The highest BCUT2D eigenvalue weighted by molar-refractivity contribution is 6.31. The first-order chi connectivity index (χ1) is 8.65. The molecule has 1 aliphatic rings. The first-order valence-electron chi connectivity index (χ1n) is 5.34. The maximum absolute atomic E-state index is 10.4. The molecule has 2 aromatic carbocycles. The minimum absolute atomic E-state index is 0.559. The summed E-state index contributed by atoms with van der Waals surface area (Å²) < 4.78 is 0. The van der Waals surface area contributed by atoms with Crippen molar-refractivity contribution in [2.75, 3.05) is 0 Å². The van der Waals surface area contributed by atoms with E-state index in [1.165, 1.54) is 0 Å². The molecule has 0 fully saturated rings. The monoisotopic (exact) mass is 278 g/mol. The van der Waals surface area contributed by atoms with E-state index in [0.29, 0.717) is 32.5 Å². The van der Waals surface area contributed by atoms with Crippen molar-refractivity contribution < 1.29 is 5.11 Å². The number of hydrogen-bond donors (Lipinski definition) is 1. The van der Waals surface area contributed by atoms with Gasteiger partial charge in [-0.2, -0.15) is 10.2 Å². The molecule has 0 radical (unpaired) electrons. The molecule has 90 valence electrons. The Morgan fingerprint density at radius 1 is 0.833 bits per heavy atom. The van der Waals surface area contributed by atoms with Gasteiger partial charge in [-0.15, -0.1) is 0 Å². The highest BCUT2D eigenvalue weighted by Gasteiger charge is 2.21. The van der Waals surface area contributed by atoms with Crippen molar-refractivity contribution in [3.8, 4) is 0 Å². The van der Waals surface area contributed by atoms with Gasteiger partial charge in [-0.05, 0) is 24.3 Å². The molecule has 0 saturated heterocycles. The Balaban J connectivity index is 2.23. The van der Waals surface area contributed by atoms with Crippen LogP contribution >= 0.6 is 23.2 Å². The quantitative estimate of drug-likeness (QED) is 0.739. The molecule has 0 saturated carbocycles. The number of rotatable bonds is 0. The number of benzene rings is 2. The standard InChI is InChI=1S/C13H8Cl2N2O/c14-7-1-3-9-11(5-7)16-17-12-6-8(15)2-4-10(12)13(9)18/h1-6,13,18H. The van der Waals surface area contributed by atoms with Gasteiger partial charge >= 0.3 is 0 Å². The minimum atomic E-state index is -0.778. The fourth-order valence-electron chi connectivity index (χ4n) is 1.94. The molecule has 18 heavy (non-hydrogen) atoms. The van der Waals surface area contributed by atoms with E-state index in [9.17, 15) is 5.11 Å². The van der Waals surface area contributed by atoms with Crippen LogP contribution in [0.5, 0.6) is 0 Å². The highest BCUT2D eigenvalue weighted by Crippen LogP contribution is 2.40. The van der Waals surface area contributed by atoms with Gasteiger partial charge in [0.1, 0.15) is 6.10 Å². The van der Waals surface area contributed by atoms with Crippen LogP contribution in [0.2, 0.25) is 10.0 Å². The van der Waals surface area contributed by atoms with Crippen molar-refractivity contribution in [3.63, 3.8) is 0 Å². The lowest BCUT2D eigenvalue weighted by Gasteiger charge is -2.12. The van der Waals surface area contributed by atoms with E-state index in [0.717, 1.165) is 0 Å². The lowest BCUT2D eigenvalue weighted by atomic mass is 9.99. The molecule has 2 aromatic rings. The largest absolute Gasteiger partial charge is 0.383 e. The fourth-order valence-corrected chi connectivity index (χ4v) is 2.28. The Morgan fingerprint density at radius 3 is 1.72 bits per heavy atom. The number of halogens is 2. The first-order valence-corrected chi connectivity index (χ1v) is 6.09. The number of aliphatic hydroxyl groups is 1. The molecule has 3 nitrogen and oxygen atoms in total. The van der Waals surface area contributed by atoms with Gasteiger partial charge in [-0.3, -0.25) is 0 Å². The van der Waals surface area contributed by atoms with E-state index in [2.05, 4.69) is 10.2 Å². The summed E-state index contributed by atoms with van der Waals surface area (Å²) in [5.74, 6) is 0. The van der Waals surface area contributed by atoms with Crippen LogP contribution in [0.3, 0.4) is 0 Å². The third kappa shape index (κ3) is 1.90. The summed E-state index contributed by atoms with van der Waals surface area (Å²) in [5, 5.41) is 19.7. The van der Waals surface area contributed by atoms with E-state index < -0.39 is 6.10 Å². The average molecular weight is 279 g/mol. The maximum Gasteiger partial charge on any atom is 0.108 e. The van der Waals surface area contributed by atoms with Crippen molar-refractivity contribution in [3.05, 3.63) is 57.6 Å². The fraction of sp³-hybridized carbons (Fsp3) is 0.0769. The SMILES string of the molecule is OC1c2ccc(Cl)cc2N=Nc2cc(Cl)ccc21. The summed E-state index contributed by atoms with van der Waals surface area (Å²) in [6, 6.07) is 10.3. The topological polar surface area (TPSA) is 45.0 Å². The van der Waals surface area contributed by atoms with Crippen molar-refractivity contribution in [2.45, 2.75) is 6.10 Å². The van der Waals surface area contributed by atoms with Gasteiger partial charge in [-0.25, -0.2) is 0 Å². The summed E-state index contributed by atoms with van der Waals surface area (Å²) in [7, 11) is 0. The first kappa shape index (κ1) is 11.7. The van der Waals surface area contributed by atoms with Crippen molar-refractivity contribution >= 4 is 34.6 Å². The molecule has 0 aromatic heterocycles. The van der Waals surface area contributed by atoms with Gasteiger partial charge in [0, 0.05) is 21.2 Å². The smallest absolute Gasteiger partial charge is 0.108 e. The van der Waals surface area contributed by atoms with E-state index in [1.807, 2.05) is 0 Å². The lowest BCUT2D eigenvalue weighted by Crippen LogP contribution is -1.99. The van der Waals surface area contributed by atoms with Crippen molar-refractivity contribution in [2.24, 2.45) is 10.2 Å². The summed E-state index contributed by atoms with van der Waals surface area (Å²) in [6.07, 6.45) is -0.778. The van der Waals surface area contributed by atoms with Gasteiger partial charge in [0.2, 0.25) is 0 Å². The van der Waals surface area contributed by atoms with Crippen LogP contribution in [0.15, 0.2) is 46.6 Å². The molecule has 0 aliphatic carbocycles. The zero-order valence-electron chi connectivity index (χ0n) is 9.14. The van der Waals surface area contributed by atoms with Crippen LogP contribution in [0, 0.1) is 0 Å². The molecular weight excluding hydrogens is 271 g/mol. The van der Waals surface area contributed by atoms with E-state index >= 15 is 0 Å². The van der Waals surface area contributed by atoms with Crippen LogP contribution in [0.1, 0.15) is 17.2 Å². The molecule has 1 N–H and O–H groups in total. The molecule has 0 amide bonds. The molecule has 0 bridgehead atoms. The maximum atomic E-state index is 10.4. The normalized spacial score (nSPS) is 13.9. The van der Waals surface area contributed by atoms with E-state index in [4.69, 9.17) is 23.2 Å². The summed E-state index contributed by atoms with van der Waals surface area (Å²) in [4.78, 5) is 0. The summed E-state index contributed by atoms with van der Waals surface area (Å²) in [5.41, 5.74) is 2.51. The van der Waals surface area contributed by atoms with Crippen LogP contribution in [0.25, 0.3) is 0 Å². The number of azo groups is 1. The minimum Gasteiger partial charge on any atom is -0.383 e. The second-order valence-corrected chi connectivity index (χ2v) is 4.88. The Hall–Kier alpha value is -1.42. The van der Waals surface area contributed by atoms with Crippen LogP contribution < -0.4 is 0 Å². The molecule has 5 heteroatoms. The Labute approximate surface area is 114 Å². The molecular formula is C13H8Cl2N2O.